The highest BCUT2D eigenvalue weighted by Crippen LogP contribution is 2.51. The predicted molar refractivity (Wildman–Crippen MR) is 72.6 cm³/mol. The minimum absolute atomic E-state index is 0.0562. The van der Waals surface area contributed by atoms with Crippen LogP contribution >= 0.6 is 0 Å². The second kappa shape index (κ2) is 5.45. The van der Waals surface area contributed by atoms with Crippen molar-refractivity contribution in [1.82, 2.24) is 5.32 Å². The normalized spacial score (nSPS) is 37.2. The highest BCUT2D eigenvalue weighted by molar-refractivity contribution is 5.89. The van der Waals surface area contributed by atoms with Crippen molar-refractivity contribution < 1.29 is 14.3 Å². The number of nitrogens with one attached hydrogen (secondary N) is 1. The van der Waals surface area contributed by atoms with Gasteiger partial charge in [0.2, 0.25) is 0 Å². The van der Waals surface area contributed by atoms with Crippen molar-refractivity contribution >= 4 is 11.8 Å². The summed E-state index contributed by atoms with van der Waals surface area (Å²) < 4.78 is 5.27. The molecule has 0 saturated heterocycles. The zero-order valence-corrected chi connectivity index (χ0v) is 11.8. The fraction of sp³-hybridized carbons (Fsp3) is 0.733. The Labute approximate surface area is 114 Å². The number of carbonyl (C=O) groups is 2. The van der Waals surface area contributed by atoms with Crippen LogP contribution in [0.5, 0.6) is 0 Å². The van der Waals surface area contributed by atoms with Gasteiger partial charge in [-0.3, -0.25) is 9.59 Å². The molecule has 3 fully saturated rings. The molecule has 3 aliphatic carbocycles. The molecule has 0 aliphatic heterocycles. The summed E-state index contributed by atoms with van der Waals surface area (Å²) in [6.45, 7) is 8.45. The minimum Gasteiger partial charge on any atom is -0.466 e. The lowest BCUT2D eigenvalue weighted by Crippen LogP contribution is -2.64. The molecule has 3 saturated carbocycles. The molecule has 0 radical (unpaired) electrons. The van der Waals surface area contributed by atoms with Crippen molar-refractivity contribution in [3.63, 3.8) is 0 Å². The van der Waals surface area contributed by atoms with E-state index in [0.29, 0.717) is 25.4 Å². The van der Waals surface area contributed by atoms with Crippen LogP contribution in [-0.2, 0) is 14.3 Å². The number of esters is 1. The van der Waals surface area contributed by atoms with Crippen molar-refractivity contribution in [1.29, 1.82) is 0 Å². The molecule has 0 aromatic heterocycles. The maximum absolute atomic E-state index is 12.4. The molecule has 3 aliphatic rings. The Morgan fingerprint density at radius 2 is 2.32 bits per heavy atom. The third-order valence-corrected chi connectivity index (χ3v) is 4.78. The number of ketones is 1. The van der Waals surface area contributed by atoms with E-state index in [1.165, 1.54) is 0 Å². The molecule has 19 heavy (non-hydrogen) atoms. The molecule has 1 N–H and O–H groups in total. The lowest BCUT2D eigenvalue weighted by molar-refractivity contribution is -0.171. The van der Waals surface area contributed by atoms with Gasteiger partial charge in [0, 0.05) is 24.9 Å². The van der Waals surface area contributed by atoms with Gasteiger partial charge in [0.1, 0.15) is 5.78 Å². The van der Waals surface area contributed by atoms with Gasteiger partial charge < -0.3 is 10.1 Å². The van der Waals surface area contributed by atoms with Crippen LogP contribution in [0, 0.1) is 17.3 Å². The summed E-state index contributed by atoms with van der Waals surface area (Å²) in [5, 5.41) is 3.32. The van der Waals surface area contributed by atoms with Crippen LogP contribution in [0.15, 0.2) is 12.7 Å². The number of ether oxygens (including phenoxy) is 1. The van der Waals surface area contributed by atoms with Crippen molar-refractivity contribution in [3.05, 3.63) is 12.7 Å². The third kappa shape index (κ3) is 2.22. The van der Waals surface area contributed by atoms with E-state index in [4.69, 9.17) is 4.74 Å². The van der Waals surface area contributed by atoms with Gasteiger partial charge in [-0.25, -0.2) is 0 Å². The Hall–Kier alpha value is -1.16. The Morgan fingerprint density at radius 1 is 1.58 bits per heavy atom. The molecule has 4 atom stereocenters. The van der Waals surface area contributed by atoms with Crippen molar-refractivity contribution in [2.45, 2.75) is 39.2 Å². The second-order valence-corrected chi connectivity index (χ2v) is 5.73. The van der Waals surface area contributed by atoms with E-state index < -0.39 is 5.41 Å². The quantitative estimate of drug-likeness (QED) is 0.607. The summed E-state index contributed by atoms with van der Waals surface area (Å²) in [6, 6.07) is -0.121. The van der Waals surface area contributed by atoms with Gasteiger partial charge in [0.05, 0.1) is 12.0 Å². The predicted octanol–water partition coefficient (Wildman–Crippen LogP) is 1.70. The van der Waals surface area contributed by atoms with Crippen LogP contribution in [-0.4, -0.2) is 30.9 Å². The largest absolute Gasteiger partial charge is 0.466 e. The van der Waals surface area contributed by atoms with Gasteiger partial charge in [0.15, 0.2) is 0 Å². The fourth-order valence-electron chi connectivity index (χ4n) is 3.72. The smallest absolute Gasteiger partial charge is 0.313 e. The molecule has 4 nitrogen and oxygen atoms in total. The SMILES string of the molecule is C=CCN[C@H]1[C@@H]2CC[C@@H](CC2=O)[C@]1(C)C(=O)OCC. The molecule has 0 aromatic carbocycles. The van der Waals surface area contributed by atoms with Gasteiger partial charge in [-0.1, -0.05) is 6.08 Å². The lowest BCUT2D eigenvalue weighted by Gasteiger charge is -2.53. The fourth-order valence-corrected chi connectivity index (χ4v) is 3.72. The Morgan fingerprint density at radius 3 is 2.89 bits per heavy atom. The first-order valence-electron chi connectivity index (χ1n) is 7.09. The first kappa shape index (κ1) is 14.3. The molecule has 106 valence electrons. The van der Waals surface area contributed by atoms with Crippen LogP contribution in [0.2, 0.25) is 0 Å². The first-order chi connectivity index (χ1) is 9.05. The van der Waals surface area contributed by atoms with Gasteiger partial charge in [0.25, 0.3) is 0 Å². The number of hydrogen-bond donors (Lipinski definition) is 1. The molecular formula is C15H23NO3. The molecule has 3 rings (SSSR count). The standard InChI is InChI=1S/C15H23NO3/c1-4-8-16-13-11-7-6-10(9-12(11)17)15(13,3)14(18)19-5-2/h4,10-11,13,16H,1,5-9H2,2-3H3/t10-,11+,13-,15-/m0/s1. The van der Waals surface area contributed by atoms with E-state index in [2.05, 4.69) is 11.9 Å². The summed E-state index contributed by atoms with van der Waals surface area (Å²) in [6.07, 6.45) is 4.11. The van der Waals surface area contributed by atoms with Crippen LogP contribution in [0.1, 0.15) is 33.1 Å². The van der Waals surface area contributed by atoms with Gasteiger partial charge in [-0.05, 0) is 32.6 Å². The zero-order valence-electron chi connectivity index (χ0n) is 11.8. The summed E-state index contributed by atoms with van der Waals surface area (Å²) in [5.41, 5.74) is -0.587. The van der Waals surface area contributed by atoms with E-state index in [1.54, 1.807) is 6.08 Å². The molecule has 0 aromatic rings. The molecule has 0 amide bonds. The van der Waals surface area contributed by atoms with E-state index in [0.717, 1.165) is 12.8 Å². The molecule has 0 unspecified atom stereocenters. The van der Waals surface area contributed by atoms with Crippen molar-refractivity contribution in [2.75, 3.05) is 13.2 Å². The Balaban J connectivity index is 2.29. The summed E-state index contributed by atoms with van der Waals surface area (Å²) in [7, 11) is 0. The Kier molecular flexibility index (Phi) is 4.09. The lowest BCUT2D eigenvalue weighted by atomic mass is 9.53. The van der Waals surface area contributed by atoms with Crippen LogP contribution < -0.4 is 5.32 Å². The highest BCUT2D eigenvalue weighted by atomic mass is 16.5. The maximum Gasteiger partial charge on any atom is 0.313 e. The molecule has 2 bridgehead atoms. The van der Waals surface area contributed by atoms with Crippen molar-refractivity contribution in [2.24, 2.45) is 17.3 Å². The first-order valence-corrected chi connectivity index (χ1v) is 7.09. The average Bonchev–Trinajstić information content (AvgIpc) is 2.39. The average molecular weight is 265 g/mol. The number of rotatable bonds is 5. The molecule has 4 heteroatoms. The highest BCUT2D eigenvalue weighted by Gasteiger charge is 2.59. The number of carbonyl (C=O) groups excluding carboxylic acids is 2. The van der Waals surface area contributed by atoms with E-state index >= 15 is 0 Å². The topological polar surface area (TPSA) is 55.4 Å². The molecular weight excluding hydrogens is 242 g/mol. The van der Waals surface area contributed by atoms with E-state index in [-0.39, 0.29) is 23.8 Å². The molecule has 0 heterocycles. The monoisotopic (exact) mass is 265 g/mol. The van der Waals surface area contributed by atoms with Crippen LogP contribution in [0.3, 0.4) is 0 Å². The number of hydrogen-bond acceptors (Lipinski definition) is 4. The Bertz CT molecular complexity index is 393. The van der Waals surface area contributed by atoms with E-state index in [9.17, 15) is 9.59 Å². The number of Topliss-reactive ketones (excluding diaryl/α,β-unsaturated/α-hetero) is 1. The second-order valence-electron chi connectivity index (χ2n) is 5.73. The summed E-state index contributed by atoms with van der Waals surface area (Å²) in [5.74, 6) is 0.170. The van der Waals surface area contributed by atoms with Crippen LogP contribution in [0.4, 0.5) is 0 Å². The van der Waals surface area contributed by atoms with E-state index in [1.807, 2.05) is 13.8 Å². The third-order valence-electron chi connectivity index (χ3n) is 4.78. The maximum atomic E-state index is 12.4. The van der Waals surface area contributed by atoms with Gasteiger partial charge in [-0.15, -0.1) is 6.58 Å². The zero-order chi connectivity index (χ0) is 14.0. The summed E-state index contributed by atoms with van der Waals surface area (Å²) in [4.78, 5) is 24.5. The van der Waals surface area contributed by atoms with Gasteiger partial charge >= 0.3 is 5.97 Å². The number of fused-ring (bicyclic) bond motifs is 3. The minimum atomic E-state index is -0.587. The van der Waals surface area contributed by atoms with Crippen LogP contribution in [0.25, 0.3) is 0 Å². The molecule has 0 spiro atoms. The van der Waals surface area contributed by atoms with Crippen molar-refractivity contribution in [3.8, 4) is 0 Å². The van der Waals surface area contributed by atoms with Gasteiger partial charge in [-0.2, -0.15) is 0 Å². The summed E-state index contributed by atoms with van der Waals surface area (Å²) >= 11 is 0.